The Labute approximate surface area is 109 Å². The van der Waals surface area contributed by atoms with Gasteiger partial charge in [0.05, 0.1) is 0 Å². The van der Waals surface area contributed by atoms with Crippen LogP contribution in [-0.4, -0.2) is 57.4 Å². The molecule has 1 aromatic rings. The van der Waals surface area contributed by atoms with Gasteiger partial charge in [0.1, 0.15) is 5.82 Å². The normalized spacial score (nSPS) is 11.9. The lowest BCUT2D eigenvalue weighted by molar-refractivity contribution is 0.0821. The third-order valence-electron chi connectivity index (χ3n) is 2.25. The Bertz CT molecular complexity index is 420. The fraction of sp³-hybridized carbons (Fsp3) is 0.545. The van der Waals surface area contributed by atoms with Crippen molar-refractivity contribution in [3.8, 4) is 0 Å². The van der Waals surface area contributed by atoms with E-state index in [0.29, 0.717) is 29.6 Å². The Kier molecular flexibility index (Phi) is 5.70. The quantitative estimate of drug-likeness (QED) is 0.807. The van der Waals surface area contributed by atoms with Crippen LogP contribution in [0.3, 0.4) is 0 Å². The van der Waals surface area contributed by atoms with Gasteiger partial charge in [-0.15, -0.1) is 10.2 Å². The first kappa shape index (κ1) is 14.6. The van der Waals surface area contributed by atoms with E-state index in [9.17, 15) is 9.00 Å². The third-order valence-corrected chi connectivity index (χ3v) is 3.55. The van der Waals surface area contributed by atoms with E-state index in [-0.39, 0.29) is 5.91 Å². The zero-order valence-electron chi connectivity index (χ0n) is 10.8. The topological polar surface area (TPSA) is 75.2 Å². The molecule has 100 valence electrons. The number of rotatable bonds is 6. The molecule has 1 amide bonds. The number of nitrogens with zero attached hydrogens (tertiary/aromatic N) is 3. The lowest BCUT2D eigenvalue weighted by Gasteiger charge is -2.09. The summed E-state index contributed by atoms with van der Waals surface area (Å²) in [6.07, 6.45) is 0. The maximum atomic E-state index is 11.6. The molecule has 0 fully saturated rings. The molecule has 0 spiro atoms. The first-order valence-corrected chi connectivity index (χ1v) is 7.17. The van der Waals surface area contributed by atoms with Crippen molar-refractivity contribution in [2.75, 3.05) is 37.5 Å². The molecule has 0 aromatic carbocycles. The Morgan fingerprint density at radius 3 is 2.61 bits per heavy atom. The van der Waals surface area contributed by atoms with Crippen molar-refractivity contribution >= 4 is 22.5 Å². The number of hydrogen-bond acceptors (Lipinski definition) is 5. The maximum absolute atomic E-state index is 11.6. The number of carbonyl (C=O) groups is 1. The van der Waals surface area contributed by atoms with Gasteiger partial charge in [-0.1, -0.05) is 6.92 Å². The molecule has 1 aromatic heterocycles. The summed E-state index contributed by atoms with van der Waals surface area (Å²) in [7, 11) is 2.54. The molecule has 0 bridgehead atoms. The van der Waals surface area contributed by atoms with E-state index >= 15 is 0 Å². The summed E-state index contributed by atoms with van der Waals surface area (Å²) in [6, 6.07) is 3.31. The van der Waals surface area contributed by atoms with E-state index in [1.165, 1.54) is 4.90 Å². The molecule has 0 aliphatic carbocycles. The van der Waals surface area contributed by atoms with Crippen LogP contribution in [0.2, 0.25) is 0 Å². The predicted octanol–water partition coefficient (Wildman–Crippen LogP) is 0.359. The SMILES string of the molecule is CCS(=O)CCNc1ccc(C(=O)N(C)C)nn1. The van der Waals surface area contributed by atoms with Crippen LogP contribution in [0.5, 0.6) is 0 Å². The molecule has 6 nitrogen and oxygen atoms in total. The lowest BCUT2D eigenvalue weighted by Crippen LogP contribution is -2.23. The van der Waals surface area contributed by atoms with Gasteiger partial charge in [-0.25, -0.2) is 0 Å². The number of amides is 1. The highest BCUT2D eigenvalue weighted by molar-refractivity contribution is 7.84. The fourth-order valence-electron chi connectivity index (χ4n) is 1.21. The van der Waals surface area contributed by atoms with Crippen LogP contribution in [0.4, 0.5) is 5.82 Å². The van der Waals surface area contributed by atoms with Crippen molar-refractivity contribution in [3.63, 3.8) is 0 Å². The van der Waals surface area contributed by atoms with Gasteiger partial charge in [-0.2, -0.15) is 0 Å². The van der Waals surface area contributed by atoms with Crippen molar-refractivity contribution in [3.05, 3.63) is 17.8 Å². The highest BCUT2D eigenvalue weighted by Gasteiger charge is 2.09. The van der Waals surface area contributed by atoms with Crippen molar-refractivity contribution in [2.45, 2.75) is 6.92 Å². The molecule has 0 aliphatic rings. The number of aromatic nitrogens is 2. The van der Waals surface area contributed by atoms with Crippen LogP contribution in [0.1, 0.15) is 17.4 Å². The van der Waals surface area contributed by atoms with E-state index in [4.69, 9.17) is 0 Å². The van der Waals surface area contributed by atoms with Crippen LogP contribution in [-0.2, 0) is 10.8 Å². The number of carbonyl (C=O) groups excluding carboxylic acids is 1. The summed E-state index contributed by atoms with van der Waals surface area (Å²) < 4.78 is 11.2. The van der Waals surface area contributed by atoms with E-state index < -0.39 is 10.8 Å². The minimum atomic E-state index is -0.790. The van der Waals surface area contributed by atoms with Gasteiger partial charge in [0.25, 0.3) is 5.91 Å². The Morgan fingerprint density at radius 2 is 2.11 bits per heavy atom. The number of hydrogen-bond donors (Lipinski definition) is 1. The standard InChI is InChI=1S/C11H18N4O2S/c1-4-18(17)8-7-12-10-6-5-9(13-14-10)11(16)15(2)3/h5-6H,4,7-8H2,1-3H3,(H,12,14). The molecular formula is C11H18N4O2S. The van der Waals surface area contributed by atoms with Gasteiger partial charge in [-0.05, 0) is 12.1 Å². The van der Waals surface area contributed by atoms with Gasteiger partial charge in [0, 0.05) is 42.9 Å². The maximum Gasteiger partial charge on any atom is 0.273 e. The average molecular weight is 270 g/mol. The molecule has 0 saturated carbocycles. The molecule has 0 aliphatic heterocycles. The Hall–Kier alpha value is -1.50. The van der Waals surface area contributed by atoms with Gasteiger partial charge >= 0.3 is 0 Å². The monoisotopic (exact) mass is 270 g/mol. The van der Waals surface area contributed by atoms with E-state index in [0.717, 1.165) is 0 Å². The van der Waals surface area contributed by atoms with Crippen molar-refractivity contribution in [1.82, 2.24) is 15.1 Å². The van der Waals surface area contributed by atoms with E-state index in [2.05, 4.69) is 15.5 Å². The molecule has 1 unspecified atom stereocenters. The Balaban J connectivity index is 2.50. The second-order valence-electron chi connectivity index (χ2n) is 3.86. The molecule has 1 atom stereocenters. The van der Waals surface area contributed by atoms with Crippen LogP contribution < -0.4 is 5.32 Å². The van der Waals surface area contributed by atoms with Gasteiger partial charge in [0.15, 0.2) is 5.69 Å². The van der Waals surface area contributed by atoms with Crippen LogP contribution in [0.25, 0.3) is 0 Å². The first-order chi connectivity index (χ1) is 8.54. The summed E-state index contributed by atoms with van der Waals surface area (Å²) in [6.45, 7) is 2.47. The van der Waals surface area contributed by atoms with Crippen LogP contribution in [0.15, 0.2) is 12.1 Å². The third kappa shape index (κ3) is 4.40. The molecule has 1 rings (SSSR count). The van der Waals surface area contributed by atoms with Gasteiger partial charge in [-0.3, -0.25) is 9.00 Å². The largest absolute Gasteiger partial charge is 0.368 e. The highest BCUT2D eigenvalue weighted by atomic mass is 32.2. The summed E-state index contributed by atoms with van der Waals surface area (Å²) in [5.41, 5.74) is 0.308. The van der Waals surface area contributed by atoms with Gasteiger partial charge < -0.3 is 10.2 Å². The first-order valence-electron chi connectivity index (χ1n) is 5.68. The summed E-state index contributed by atoms with van der Waals surface area (Å²) in [4.78, 5) is 13.0. The average Bonchev–Trinajstić information content (AvgIpc) is 2.38. The molecule has 7 heteroatoms. The zero-order chi connectivity index (χ0) is 13.5. The molecular weight excluding hydrogens is 252 g/mol. The molecule has 1 N–H and O–H groups in total. The summed E-state index contributed by atoms with van der Waals surface area (Å²) in [5, 5.41) is 10.7. The summed E-state index contributed by atoms with van der Waals surface area (Å²) in [5.74, 6) is 1.64. The predicted molar refractivity (Wildman–Crippen MR) is 72.1 cm³/mol. The van der Waals surface area contributed by atoms with E-state index in [1.54, 1.807) is 26.2 Å². The molecule has 0 radical (unpaired) electrons. The fourth-order valence-corrected chi connectivity index (χ4v) is 1.83. The van der Waals surface area contributed by atoms with Crippen LogP contribution >= 0.6 is 0 Å². The second-order valence-corrected chi connectivity index (χ2v) is 5.73. The smallest absolute Gasteiger partial charge is 0.273 e. The second kappa shape index (κ2) is 7.05. The van der Waals surface area contributed by atoms with Gasteiger partial charge in [0.2, 0.25) is 0 Å². The highest BCUT2D eigenvalue weighted by Crippen LogP contribution is 2.03. The Morgan fingerprint density at radius 1 is 1.39 bits per heavy atom. The van der Waals surface area contributed by atoms with Crippen molar-refractivity contribution in [2.24, 2.45) is 0 Å². The van der Waals surface area contributed by atoms with E-state index in [1.807, 2.05) is 6.92 Å². The lowest BCUT2D eigenvalue weighted by atomic mass is 10.3. The number of anilines is 1. The minimum absolute atomic E-state index is 0.180. The minimum Gasteiger partial charge on any atom is -0.368 e. The molecule has 0 saturated heterocycles. The zero-order valence-corrected chi connectivity index (χ0v) is 11.7. The summed E-state index contributed by atoms with van der Waals surface area (Å²) >= 11 is 0. The van der Waals surface area contributed by atoms with Crippen LogP contribution in [0, 0.1) is 0 Å². The van der Waals surface area contributed by atoms with Crippen molar-refractivity contribution < 1.29 is 9.00 Å². The molecule has 1 heterocycles. The number of nitrogens with one attached hydrogen (secondary N) is 1. The van der Waals surface area contributed by atoms with Crippen molar-refractivity contribution in [1.29, 1.82) is 0 Å². The molecule has 18 heavy (non-hydrogen) atoms.